The highest BCUT2D eigenvalue weighted by Crippen LogP contribution is 2.26. The number of anilines is 1. The number of carbonyl (C=O) groups excluding carboxylic acids is 1. The molecule has 0 saturated carbocycles. The lowest BCUT2D eigenvalue weighted by Gasteiger charge is -2.22. The van der Waals surface area contributed by atoms with E-state index in [0.29, 0.717) is 17.0 Å². The molecule has 0 spiro atoms. The number of carbonyl (C=O) groups is 1. The van der Waals surface area contributed by atoms with Crippen molar-refractivity contribution < 1.29 is 17.6 Å². The van der Waals surface area contributed by atoms with Crippen LogP contribution in [0.1, 0.15) is 23.8 Å². The normalized spacial score (nSPS) is 11.7. The molecule has 0 saturated heterocycles. The van der Waals surface area contributed by atoms with Crippen LogP contribution in [-0.2, 0) is 27.9 Å². The number of nitrogens with one attached hydrogen (secondary N) is 1. The molecule has 0 fully saturated rings. The van der Waals surface area contributed by atoms with Crippen molar-refractivity contribution in [3.05, 3.63) is 70.3 Å². The molecule has 1 amide bonds. The maximum atomic E-state index is 13.3. The Balaban J connectivity index is 1.95. The van der Waals surface area contributed by atoms with Gasteiger partial charge in [-0.2, -0.15) is 15.6 Å². The first kappa shape index (κ1) is 19.3. The number of thiophene rings is 1. The average molecular weight is 405 g/mol. The van der Waals surface area contributed by atoms with E-state index in [2.05, 4.69) is 5.32 Å². The van der Waals surface area contributed by atoms with Crippen molar-refractivity contribution >= 4 is 33.0 Å². The topological polar surface area (TPSA) is 79.6 Å². The van der Waals surface area contributed by atoms with Gasteiger partial charge in [0.15, 0.2) is 0 Å². The molecule has 3 aromatic rings. The second kappa shape index (κ2) is 8.08. The minimum atomic E-state index is -3.76. The summed E-state index contributed by atoms with van der Waals surface area (Å²) in [5, 5.41) is 6.51. The predicted octanol–water partition coefficient (Wildman–Crippen LogP) is 4.00. The van der Waals surface area contributed by atoms with E-state index < -0.39 is 10.0 Å². The molecule has 6 nitrogen and oxygen atoms in total. The summed E-state index contributed by atoms with van der Waals surface area (Å²) >= 11 is 1.52. The lowest BCUT2D eigenvalue weighted by atomic mass is 10.2. The minimum Gasteiger partial charge on any atom is -0.468 e. The molecular weight excluding hydrogens is 384 g/mol. The molecular formula is C19H20N2O4S2. The largest absolute Gasteiger partial charge is 0.468 e. The van der Waals surface area contributed by atoms with Crippen molar-refractivity contribution in [2.75, 3.05) is 5.32 Å². The van der Waals surface area contributed by atoms with E-state index in [0.717, 1.165) is 5.56 Å². The Morgan fingerprint density at radius 1 is 1.22 bits per heavy atom. The number of benzene rings is 1. The van der Waals surface area contributed by atoms with Crippen LogP contribution in [0.5, 0.6) is 0 Å². The van der Waals surface area contributed by atoms with E-state index in [4.69, 9.17) is 4.42 Å². The van der Waals surface area contributed by atoms with Crippen LogP contribution in [0.15, 0.2) is 62.7 Å². The zero-order chi connectivity index (χ0) is 19.4. The van der Waals surface area contributed by atoms with Gasteiger partial charge in [0.1, 0.15) is 5.76 Å². The Morgan fingerprint density at radius 2 is 2.04 bits per heavy atom. The number of hydrogen-bond donors (Lipinski definition) is 1. The summed E-state index contributed by atoms with van der Waals surface area (Å²) in [5.41, 5.74) is 2.05. The summed E-state index contributed by atoms with van der Waals surface area (Å²) in [6, 6.07) is 10.2. The molecule has 3 rings (SSSR count). The van der Waals surface area contributed by atoms with Gasteiger partial charge in [-0.3, -0.25) is 4.79 Å². The summed E-state index contributed by atoms with van der Waals surface area (Å²) in [7, 11) is -3.76. The number of sulfonamides is 1. The van der Waals surface area contributed by atoms with Gasteiger partial charge in [0.05, 0.1) is 17.7 Å². The van der Waals surface area contributed by atoms with Crippen LogP contribution >= 0.6 is 11.3 Å². The van der Waals surface area contributed by atoms with Crippen molar-refractivity contribution in [3.63, 3.8) is 0 Å². The van der Waals surface area contributed by atoms with Gasteiger partial charge in [-0.05, 0) is 65.2 Å². The van der Waals surface area contributed by atoms with E-state index >= 15 is 0 Å². The number of aryl methyl sites for hydroxylation is 1. The second-order valence-electron chi connectivity index (χ2n) is 6.15. The third kappa shape index (κ3) is 4.65. The smallest absolute Gasteiger partial charge is 0.244 e. The predicted molar refractivity (Wildman–Crippen MR) is 105 cm³/mol. The third-order valence-electron chi connectivity index (χ3n) is 3.96. The molecule has 1 N–H and O–H groups in total. The van der Waals surface area contributed by atoms with Crippen molar-refractivity contribution in [3.8, 4) is 0 Å². The first-order valence-electron chi connectivity index (χ1n) is 8.28. The Bertz CT molecular complexity index is 974. The summed E-state index contributed by atoms with van der Waals surface area (Å²) in [4.78, 5) is 11.4. The fourth-order valence-corrected chi connectivity index (χ4v) is 5.01. The maximum absolute atomic E-state index is 13.3. The van der Waals surface area contributed by atoms with Gasteiger partial charge in [0.2, 0.25) is 15.9 Å². The zero-order valence-corrected chi connectivity index (χ0v) is 16.6. The molecule has 1 aromatic carbocycles. The zero-order valence-electron chi connectivity index (χ0n) is 15.0. The first-order chi connectivity index (χ1) is 12.9. The van der Waals surface area contributed by atoms with Gasteiger partial charge >= 0.3 is 0 Å². The molecule has 0 aliphatic rings. The Kier molecular flexibility index (Phi) is 5.79. The number of nitrogens with zero attached hydrogens (tertiary/aromatic N) is 1. The Labute approximate surface area is 162 Å². The first-order valence-corrected chi connectivity index (χ1v) is 10.7. The molecule has 142 valence electrons. The van der Waals surface area contributed by atoms with E-state index in [-0.39, 0.29) is 23.9 Å². The molecule has 2 heterocycles. The van der Waals surface area contributed by atoms with Crippen molar-refractivity contribution in [2.24, 2.45) is 0 Å². The van der Waals surface area contributed by atoms with Gasteiger partial charge in [-0.15, -0.1) is 0 Å². The highest BCUT2D eigenvalue weighted by atomic mass is 32.2. The molecule has 2 aromatic heterocycles. The summed E-state index contributed by atoms with van der Waals surface area (Å²) in [6.45, 7) is 3.51. The second-order valence-corrected chi connectivity index (χ2v) is 8.83. The molecule has 0 bridgehead atoms. The highest BCUT2D eigenvalue weighted by molar-refractivity contribution is 7.89. The van der Waals surface area contributed by atoms with Crippen LogP contribution in [0.25, 0.3) is 0 Å². The Hall–Kier alpha value is -2.42. The van der Waals surface area contributed by atoms with Crippen LogP contribution in [0.4, 0.5) is 5.69 Å². The van der Waals surface area contributed by atoms with Crippen LogP contribution in [0, 0.1) is 6.92 Å². The van der Waals surface area contributed by atoms with Crippen molar-refractivity contribution in [2.45, 2.75) is 31.8 Å². The average Bonchev–Trinajstić information content (AvgIpc) is 3.27. The van der Waals surface area contributed by atoms with E-state index in [1.165, 1.54) is 34.9 Å². The lowest BCUT2D eigenvalue weighted by molar-refractivity contribution is -0.114. The van der Waals surface area contributed by atoms with Gasteiger partial charge in [-0.1, -0.05) is 0 Å². The number of rotatable bonds is 7. The molecule has 0 aliphatic carbocycles. The minimum absolute atomic E-state index is 0.137. The third-order valence-corrected chi connectivity index (χ3v) is 6.65. The standard InChI is InChI=1S/C19H20N2O4S2/c1-14-10-17(20-15(2)22)5-6-19(14)27(23,24)21(11-16-7-9-26-13-16)12-18-4-3-8-25-18/h3-10,13H,11-12H2,1-2H3,(H,20,22). The molecule has 27 heavy (non-hydrogen) atoms. The van der Waals surface area contributed by atoms with Crippen LogP contribution in [0.3, 0.4) is 0 Å². The number of hydrogen-bond acceptors (Lipinski definition) is 5. The number of furan rings is 1. The fourth-order valence-electron chi connectivity index (χ4n) is 2.75. The van der Waals surface area contributed by atoms with Crippen LogP contribution in [-0.4, -0.2) is 18.6 Å². The summed E-state index contributed by atoms with van der Waals surface area (Å²) in [5.74, 6) is 0.364. The summed E-state index contributed by atoms with van der Waals surface area (Å²) < 4.78 is 33.4. The Morgan fingerprint density at radius 3 is 2.63 bits per heavy atom. The molecule has 0 radical (unpaired) electrons. The lowest BCUT2D eigenvalue weighted by Crippen LogP contribution is -2.30. The van der Waals surface area contributed by atoms with Gasteiger partial charge < -0.3 is 9.73 Å². The van der Waals surface area contributed by atoms with Gasteiger partial charge in [-0.25, -0.2) is 8.42 Å². The van der Waals surface area contributed by atoms with Crippen molar-refractivity contribution in [1.82, 2.24) is 4.31 Å². The fraction of sp³-hybridized carbons (Fsp3) is 0.211. The van der Waals surface area contributed by atoms with Crippen molar-refractivity contribution in [1.29, 1.82) is 0 Å². The molecule has 8 heteroatoms. The number of amides is 1. The van der Waals surface area contributed by atoms with Crippen LogP contribution < -0.4 is 5.32 Å². The van der Waals surface area contributed by atoms with E-state index in [1.807, 2.05) is 16.8 Å². The summed E-state index contributed by atoms with van der Waals surface area (Å²) in [6.07, 6.45) is 1.53. The molecule has 0 unspecified atom stereocenters. The molecule has 0 aliphatic heterocycles. The van der Waals surface area contributed by atoms with E-state index in [9.17, 15) is 13.2 Å². The highest BCUT2D eigenvalue weighted by Gasteiger charge is 2.27. The molecule has 0 atom stereocenters. The van der Waals surface area contributed by atoms with E-state index in [1.54, 1.807) is 31.2 Å². The monoisotopic (exact) mass is 404 g/mol. The quantitative estimate of drug-likeness (QED) is 0.645. The van der Waals surface area contributed by atoms with Gasteiger partial charge in [0.25, 0.3) is 0 Å². The SMILES string of the molecule is CC(=O)Nc1ccc(S(=O)(=O)N(Cc2ccsc2)Cc2ccco2)c(C)c1. The maximum Gasteiger partial charge on any atom is 0.244 e. The van der Waals surface area contributed by atoms with Crippen LogP contribution in [0.2, 0.25) is 0 Å². The van der Waals surface area contributed by atoms with Gasteiger partial charge in [0, 0.05) is 19.2 Å².